The number of fused-ring (bicyclic) bond motifs is 5. The van der Waals surface area contributed by atoms with Crippen LogP contribution in [0.3, 0.4) is 0 Å². The number of alkyl halides is 1. The number of aromatic hydroxyl groups is 1. The number of anilines is 1. The van der Waals surface area contributed by atoms with Crippen molar-refractivity contribution < 1.29 is 18.6 Å². The monoisotopic (exact) mass is 600 g/mol. The third kappa shape index (κ3) is 4.65. The highest BCUT2D eigenvalue weighted by atomic mass is 19.1. The molecule has 4 atom stereocenters. The largest absolute Gasteiger partial charge is 0.508 e. The molecule has 4 fully saturated rings. The maximum absolute atomic E-state index is 16.9. The SMILES string of the molecule is CCCc1cccc2cc(O)cc(-c3ncc4c(N5CC6CCC(C5)N6)nc(OC[C@@]56CCCN5C[C@H](F)C6)nc4c3F)c12. The molecule has 44 heavy (non-hydrogen) atoms. The highest BCUT2D eigenvalue weighted by molar-refractivity contribution is 6.01. The van der Waals surface area contributed by atoms with Crippen LogP contribution in [0.2, 0.25) is 0 Å². The molecule has 0 radical (unpaired) electrons. The fourth-order valence-electron chi connectivity index (χ4n) is 8.29. The van der Waals surface area contributed by atoms with Gasteiger partial charge in [0.25, 0.3) is 0 Å². The maximum Gasteiger partial charge on any atom is 0.319 e. The van der Waals surface area contributed by atoms with Crippen molar-refractivity contribution in [2.75, 3.05) is 37.7 Å². The highest BCUT2D eigenvalue weighted by Gasteiger charge is 2.49. The number of hydrogen-bond donors (Lipinski definition) is 2. The van der Waals surface area contributed by atoms with Crippen LogP contribution in [0.25, 0.3) is 32.9 Å². The van der Waals surface area contributed by atoms with Gasteiger partial charge >= 0.3 is 6.01 Å². The molecule has 230 valence electrons. The first kappa shape index (κ1) is 27.9. The van der Waals surface area contributed by atoms with Crippen LogP contribution in [0.15, 0.2) is 36.5 Å². The van der Waals surface area contributed by atoms with Crippen molar-refractivity contribution in [3.05, 3.63) is 47.9 Å². The van der Waals surface area contributed by atoms with E-state index in [2.05, 4.69) is 32.0 Å². The molecule has 4 aliphatic heterocycles. The summed E-state index contributed by atoms with van der Waals surface area (Å²) in [7, 11) is 0. The summed E-state index contributed by atoms with van der Waals surface area (Å²) in [4.78, 5) is 18.6. The zero-order valence-corrected chi connectivity index (χ0v) is 25.0. The molecule has 0 aliphatic carbocycles. The molecule has 0 spiro atoms. The van der Waals surface area contributed by atoms with Gasteiger partial charge in [-0.2, -0.15) is 9.97 Å². The zero-order valence-electron chi connectivity index (χ0n) is 25.0. The summed E-state index contributed by atoms with van der Waals surface area (Å²) in [5, 5.41) is 16.5. The topological polar surface area (TPSA) is 86.6 Å². The molecule has 4 aromatic rings. The van der Waals surface area contributed by atoms with E-state index in [-0.39, 0.29) is 35.1 Å². The number of phenols is 1. The van der Waals surface area contributed by atoms with Gasteiger partial charge in [0.1, 0.15) is 35.6 Å². The average molecular weight is 601 g/mol. The van der Waals surface area contributed by atoms with Gasteiger partial charge in [0.05, 0.1) is 10.9 Å². The minimum absolute atomic E-state index is 0.0502. The van der Waals surface area contributed by atoms with Crippen LogP contribution >= 0.6 is 0 Å². The van der Waals surface area contributed by atoms with Crippen LogP contribution in [0.5, 0.6) is 11.8 Å². The lowest BCUT2D eigenvalue weighted by Gasteiger charge is -2.34. The molecule has 10 heteroatoms. The molecule has 4 aliphatic rings. The van der Waals surface area contributed by atoms with Crippen molar-refractivity contribution in [1.29, 1.82) is 0 Å². The van der Waals surface area contributed by atoms with Crippen LogP contribution in [0, 0.1) is 5.82 Å². The third-order valence-electron chi connectivity index (χ3n) is 10.2. The zero-order chi connectivity index (χ0) is 30.0. The van der Waals surface area contributed by atoms with Crippen molar-refractivity contribution in [3.63, 3.8) is 0 Å². The first-order valence-corrected chi connectivity index (χ1v) is 16.0. The van der Waals surface area contributed by atoms with Crippen molar-refractivity contribution in [1.82, 2.24) is 25.2 Å². The van der Waals surface area contributed by atoms with Gasteiger partial charge in [0, 0.05) is 49.9 Å². The van der Waals surface area contributed by atoms with Crippen molar-refractivity contribution in [2.24, 2.45) is 0 Å². The van der Waals surface area contributed by atoms with E-state index in [9.17, 15) is 9.50 Å². The predicted octanol–water partition coefficient (Wildman–Crippen LogP) is 5.54. The van der Waals surface area contributed by atoms with Crippen molar-refractivity contribution in [3.8, 4) is 23.0 Å². The van der Waals surface area contributed by atoms with Crippen LogP contribution in [0.4, 0.5) is 14.6 Å². The Bertz CT molecular complexity index is 1740. The Hall–Kier alpha value is -3.63. The van der Waals surface area contributed by atoms with Crippen molar-refractivity contribution >= 4 is 27.5 Å². The Morgan fingerprint density at radius 3 is 2.80 bits per heavy atom. The lowest BCUT2D eigenvalue weighted by Crippen LogP contribution is -2.51. The lowest BCUT2D eigenvalue weighted by molar-refractivity contribution is 0.107. The van der Waals surface area contributed by atoms with Crippen LogP contribution in [-0.2, 0) is 6.42 Å². The van der Waals surface area contributed by atoms with E-state index in [0.29, 0.717) is 41.8 Å². The number of halogens is 2. The van der Waals surface area contributed by atoms with Crippen LogP contribution in [-0.4, -0.2) is 81.5 Å². The first-order chi connectivity index (χ1) is 21.4. The lowest BCUT2D eigenvalue weighted by atomic mass is 9.94. The van der Waals surface area contributed by atoms with Crippen LogP contribution < -0.4 is 15.0 Å². The highest BCUT2D eigenvalue weighted by Crippen LogP contribution is 2.42. The number of ether oxygens (including phenoxy) is 1. The molecule has 0 amide bonds. The molecule has 6 heterocycles. The van der Waals surface area contributed by atoms with E-state index in [0.717, 1.165) is 74.5 Å². The molecule has 2 bridgehead atoms. The maximum atomic E-state index is 16.9. The summed E-state index contributed by atoms with van der Waals surface area (Å²) < 4.78 is 37.6. The molecule has 8 rings (SSSR count). The summed E-state index contributed by atoms with van der Waals surface area (Å²) in [5.41, 5.74) is 1.51. The standard InChI is InChI=1S/C34H38F2N6O2/c1-2-5-20-6-3-7-21-12-25(43)13-26(28(20)21)30-29(36)31-27(15-37-30)32(41-17-23-8-9-24(18-41)38-23)40-33(39-31)44-19-34-10-4-11-42(34)16-22(35)14-34/h3,6-7,12-13,15,22-24,38,43H,2,4-5,8-11,14,16-19H2,1H3/t22-,23?,24?,34+/m1/s1. The van der Waals surface area contributed by atoms with E-state index in [1.807, 2.05) is 18.2 Å². The molecular formula is C34H38F2N6O2. The van der Waals surface area contributed by atoms with Gasteiger partial charge in [-0.3, -0.25) is 9.88 Å². The van der Waals surface area contributed by atoms with Crippen LogP contribution in [0.1, 0.15) is 51.0 Å². The number of nitrogens with zero attached hydrogens (tertiary/aromatic N) is 5. The summed E-state index contributed by atoms with van der Waals surface area (Å²) in [6.45, 7) is 5.17. The number of benzene rings is 2. The first-order valence-electron chi connectivity index (χ1n) is 16.0. The smallest absolute Gasteiger partial charge is 0.319 e. The summed E-state index contributed by atoms with van der Waals surface area (Å²) in [6.07, 6.45) is 7.03. The summed E-state index contributed by atoms with van der Waals surface area (Å²) in [6, 6.07) is 10.0. The van der Waals surface area contributed by atoms with Crippen molar-refractivity contribution in [2.45, 2.75) is 75.7 Å². The van der Waals surface area contributed by atoms with Gasteiger partial charge in [0.15, 0.2) is 5.82 Å². The summed E-state index contributed by atoms with van der Waals surface area (Å²) >= 11 is 0. The quantitative estimate of drug-likeness (QED) is 0.286. The number of pyridine rings is 1. The minimum Gasteiger partial charge on any atom is -0.508 e. The Labute approximate surface area is 255 Å². The molecule has 4 saturated heterocycles. The van der Waals surface area contributed by atoms with Gasteiger partial charge in [-0.15, -0.1) is 0 Å². The molecule has 2 aromatic carbocycles. The Morgan fingerprint density at radius 1 is 1.14 bits per heavy atom. The number of hydrogen-bond acceptors (Lipinski definition) is 8. The normalized spacial score (nSPS) is 26.6. The van der Waals surface area contributed by atoms with E-state index in [4.69, 9.17) is 9.72 Å². The second kappa shape index (κ2) is 10.8. The second-order valence-electron chi connectivity index (χ2n) is 13.2. The molecule has 0 saturated carbocycles. The summed E-state index contributed by atoms with van der Waals surface area (Å²) in [5.74, 6) is 0.0938. The molecule has 2 aromatic heterocycles. The Kier molecular flexibility index (Phi) is 6.82. The van der Waals surface area contributed by atoms with Gasteiger partial charge in [-0.05, 0) is 67.1 Å². The van der Waals surface area contributed by atoms with E-state index in [1.165, 1.54) is 0 Å². The second-order valence-corrected chi connectivity index (χ2v) is 13.2. The molecular weight excluding hydrogens is 562 g/mol. The molecule has 8 nitrogen and oxygen atoms in total. The number of aryl methyl sites for hydroxylation is 1. The minimum atomic E-state index is -0.871. The Balaban J connectivity index is 1.26. The van der Waals surface area contributed by atoms with Gasteiger partial charge in [-0.1, -0.05) is 31.5 Å². The van der Waals surface area contributed by atoms with E-state index >= 15 is 4.39 Å². The molecule has 2 unspecified atom stereocenters. The van der Waals surface area contributed by atoms with E-state index in [1.54, 1.807) is 18.3 Å². The molecule has 2 N–H and O–H groups in total. The number of nitrogens with one attached hydrogen (secondary N) is 1. The fourth-order valence-corrected chi connectivity index (χ4v) is 8.29. The number of rotatable bonds is 7. The number of phenolic OH excluding ortho intramolecular Hbond substituents is 1. The van der Waals surface area contributed by atoms with Gasteiger partial charge in [0.2, 0.25) is 0 Å². The number of aromatic nitrogens is 3. The Morgan fingerprint density at radius 2 is 1.98 bits per heavy atom. The third-order valence-corrected chi connectivity index (χ3v) is 10.2. The van der Waals surface area contributed by atoms with Gasteiger partial charge in [-0.25, -0.2) is 8.78 Å². The van der Waals surface area contributed by atoms with Gasteiger partial charge < -0.3 is 20.1 Å². The number of piperazine rings is 1. The predicted molar refractivity (Wildman–Crippen MR) is 167 cm³/mol. The van der Waals surface area contributed by atoms with E-state index < -0.39 is 12.0 Å². The average Bonchev–Trinajstić information content (AvgIpc) is 3.66. The fraction of sp³-hybridized carbons (Fsp3) is 0.500.